The van der Waals surface area contributed by atoms with Gasteiger partial charge in [-0.15, -0.1) is 0 Å². The summed E-state index contributed by atoms with van der Waals surface area (Å²) in [4.78, 5) is 0. The zero-order chi connectivity index (χ0) is 14.1. The number of benzene rings is 3. The minimum absolute atomic E-state index is 0.115. The third-order valence-corrected chi connectivity index (χ3v) is 3.50. The maximum Gasteiger partial charge on any atom is 0.117 e. The van der Waals surface area contributed by atoms with Crippen LogP contribution in [0.15, 0.2) is 54.6 Å². The lowest BCUT2D eigenvalue weighted by Gasteiger charge is -2.10. The summed E-state index contributed by atoms with van der Waals surface area (Å²) in [6, 6.07) is 19.3. The molecule has 20 heavy (non-hydrogen) atoms. The van der Waals surface area contributed by atoms with Gasteiger partial charge in [-0.2, -0.15) is 5.26 Å². The van der Waals surface area contributed by atoms with Crippen LogP contribution >= 0.6 is 0 Å². The van der Waals surface area contributed by atoms with E-state index in [9.17, 15) is 5.11 Å². The molecule has 0 aromatic heterocycles. The zero-order valence-corrected chi connectivity index (χ0v) is 11.1. The summed E-state index contributed by atoms with van der Waals surface area (Å²) in [5, 5.41) is 21.1. The molecule has 0 saturated heterocycles. The summed E-state index contributed by atoms with van der Waals surface area (Å²) >= 11 is 0. The Morgan fingerprint density at radius 3 is 2.45 bits per heavy atom. The van der Waals surface area contributed by atoms with Crippen LogP contribution in [-0.2, 0) is 0 Å². The van der Waals surface area contributed by atoms with Gasteiger partial charge in [-0.1, -0.05) is 36.4 Å². The van der Waals surface area contributed by atoms with Crippen LogP contribution in [0.5, 0.6) is 5.75 Å². The molecule has 0 heterocycles. The molecule has 0 radical (unpaired) electrons. The molecular weight excluding hydrogens is 246 g/mol. The van der Waals surface area contributed by atoms with Crippen LogP contribution in [0.3, 0.4) is 0 Å². The monoisotopic (exact) mass is 259 g/mol. The Morgan fingerprint density at radius 2 is 1.70 bits per heavy atom. The van der Waals surface area contributed by atoms with Crippen LogP contribution in [-0.4, -0.2) is 5.11 Å². The van der Waals surface area contributed by atoms with E-state index < -0.39 is 0 Å². The largest absolute Gasteiger partial charge is 0.508 e. The summed E-state index contributed by atoms with van der Waals surface area (Å²) < 4.78 is 0. The highest BCUT2D eigenvalue weighted by Gasteiger charge is 2.07. The van der Waals surface area contributed by atoms with Crippen molar-refractivity contribution in [1.29, 1.82) is 5.26 Å². The first-order chi connectivity index (χ1) is 9.69. The van der Waals surface area contributed by atoms with E-state index >= 15 is 0 Å². The second kappa shape index (κ2) is 4.71. The molecule has 3 aromatic rings. The molecule has 2 nitrogen and oxygen atoms in total. The molecule has 2 heteroatoms. The Bertz CT molecular complexity index is 844. The first-order valence-electron chi connectivity index (χ1n) is 6.42. The maximum atomic E-state index is 9.76. The Kier molecular flexibility index (Phi) is 2.89. The van der Waals surface area contributed by atoms with Crippen LogP contribution < -0.4 is 0 Å². The number of phenols is 1. The number of nitriles is 1. The molecule has 0 atom stereocenters. The zero-order valence-electron chi connectivity index (χ0n) is 11.1. The summed E-state index contributed by atoms with van der Waals surface area (Å²) in [6.45, 7) is 2.08. The molecule has 0 fully saturated rings. The van der Waals surface area contributed by atoms with Crippen molar-refractivity contribution in [3.63, 3.8) is 0 Å². The standard InChI is InChI=1S/C18H13NO/c1-12-6-7-17(18-5-3-2-4-16(12)18)14-8-13(11-19)9-15(20)10-14/h2-10,20H,1H3. The van der Waals surface area contributed by atoms with Gasteiger partial charge >= 0.3 is 0 Å². The third-order valence-electron chi connectivity index (χ3n) is 3.50. The van der Waals surface area contributed by atoms with Gasteiger partial charge in [0.15, 0.2) is 0 Å². The molecule has 0 bridgehead atoms. The molecule has 0 saturated carbocycles. The van der Waals surface area contributed by atoms with Crippen LogP contribution in [0.25, 0.3) is 21.9 Å². The number of aryl methyl sites for hydroxylation is 1. The molecule has 3 aromatic carbocycles. The van der Waals surface area contributed by atoms with E-state index in [2.05, 4.69) is 31.2 Å². The number of fused-ring (bicyclic) bond motifs is 1. The van der Waals surface area contributed by atoms with Gasteiger partial charge in [-0.25, -0.2) is 0 Å². The van der Waals surface area contributed by atoms with Gasteiger partial charge in [0, 0.05) is 0 Å². The van der Waals surface area contributed by atoms with Crippen molar-refractivity contribution in [2.45, 2.75) is 6.92 Å². The smallest absolute Gasteiger partial charge is 0.117 e. The lowest BCUT2D eigenvalue weighted by molar-refractivity contribution is 0.475. The Balaban J connectivity index is 2.33. The summed E-state index contributed by atoms with van der Waals surface area (Å²) in [6.07, 6.45) is 0. The Morgan fingerprint density at radius 1 is 0.950 bits per heavy atom. The van der Waals surface area contributed by atoms with Crippen molar-refractivity contribution >= 4 is 10.8 Å². The van der Waals surface area contributed by atoms with Gasteiger partial charge in [-0.3, -0.25) is 0 Å². The van der Waals surface area contributed by atoms with E-state index in [1.54, 1.807) is 12.1 Å². The predicted molar refractivity (Wildman–Crippen MR) is 80.5 cm³/mol. The second-order valence-electron chi connectivity index (χ2n) is 4.86. The second-order valence-corrected chi connectivity index (χ2v) is 4.86. The van der Waals surface area contributed by atoms with Crippen LogP contribution in [0.2, 0.25) is 0 Å². The quantitative estimate of drug-likeness (QED) is 0.704. The SMILES string of the molecule is Cc1ccc(-c2cc(O)cc(C#N)c2)c2ccccc12. The Hall–Kier alpha value is -2.79. The van der Waals surface area contributed by atoms with Gasteiger partial charge in [0.05, 0.1) is 11.6 Å². The highest BCUT2D eigenvalue weighted by molar-refractivity contribution is 5.98. The van der Waals surface area contributed by atoms with Gasteiger partial charge in [0.25, 0.3) is 0 Å². The van der Waals surface area contributed by atoms with Crippen molar-refractivity contribution in [2.75, 3.05) is 0 Å². The number of aromatic hydroxyl groups is 1. The molecule has 0 aliphatic carbocycles. The molecule has 3 rings (SSSR count). The van der Waals surface area contributed by atoms with Gasteiger partial charge < -0.3 is 5.11 Å². The molecule has 0 unspecified atom stereocenters. The predicted octanol–water partition coefficient (Wildman–Crippen LogP) is 4.39. The number of hydrogen-bond donors (Lipinski definition) is 1. The summed E-state index contributed by atoms with van der Waals surface area (Å²) in [5.41, 5.74) is 3.56. The fourth-order valence-corrected chi connectivity index (χ4v) is 2.53. The lowest BCUT2D eigenvalue weighted by atomic mass is 9.94. The van der Waals surface area contributed by atoms with E-state index in [-0.39, 0.29) is 5.75 Å². The molecule has 0 aliphatic rings. The Labute approximate surface area is 117 Å². The molecule has 1 N–H and O–H groups in total. The van der Waals surface area contributed by atoms with E-state index in [1.807, 2.05) is 18.2 Å². The average molecular weight is 259 g/mol. The number of hydrogen-bond acceptors (Lipinski definition) is 2. The number of rotatable bonds is 1. The molecule has 96 valence electrons. The van der Waals surface area contributed by atoms with Crippen LogP contribution in [0.1, 0.15) is 11.1 Å². The maximum absolute atomic E-state index is 9.76. The highest BCUT2D eigenvalue weighted by atomic mass is 16.3. The number of phenolic OH excluding ortho intramolecular Hbond substituents is 1. The van der Waals surface area contributed by atoms with E-state index in [0.29, 0.717) is 5.56 Å². The number of nitrogens with zero attached hydrogens (tertiary/aromatic N) is 1. The van der Waals surface area contributed by atoms with Crippen LogP contribution in [0, 0.1) is 18.3 Å². The van der Waals surface area contributed by atoms with Gasteiger partial charge in [0.2, 0.25) is 0 Å². The average Bonchev–Trinajstić information content (AvgIpc) is 2.47. The fourth-order valence-electron chi connectivity index (χ4n) is 2.53. The van der Waals surface area contributed by atoms with Gasteiger partial charge in [0.1, 0.15) is 5.75 Å². The van der Waals surface area contributed by atoms with Crippen molar-refractivity contribution in [3.05, 3.63) is 65.7 Å². The first kappa shape index (κ1) is 12.3. The third kappa shape index (κ3) is 2.00. The lowest BCUT2D eigenvalue weighted by Crippen LogP contribution is -1.86. The van der Waals surface area contributed by atoms with E-state index in [1.165, 1.54) is 17.0 Å². The normalized spacial score (nSPS) is 10.4. The van der Waals surface area contributed by atoms with Crippen molar-refractivity contribution in [1.82, 2.24) is 0 Å². The van der Waals surface area contributed by atoms with E-state index in [0.717, 1.165) is 16.5 Å². The first-order valence-corrected chi connectivity index (χ1v) is 6.42. The fraction of sp³-hybridized carbons (Fsp3) is 0.0556. The molecule has 0 amide bonds. The summed E-state index contributed by atoms with van der Waals surface area (Å²) in [5.74, 6) is 0.115. The molecular formula is C18H13NO. The summed E-state index contributed by atoms with van der Waals surface area (Å²) in [7, 11) is 0. The van der Waals surface area contributed by atoms with Gasteiger partial charge in [-0.05, 0) is 52.6 Å². The molecule has 0 spiro atoms. The minimum atomic E-state index is 0.115. The van der Waals surface area contributed by atoms with Crippen LogP contribution in [0.4, 0.5) is 0 Å². The molecule has 0 aliphatic heterocycles. The highest BCUT2D eigenvalue weighted by Crippen LogP contribution is 2.32. The van der Waals surface area contributed by atoms with Crippen molar-refractivity contribution < 1.29 is 5.11 Å². The van der Waals surface area contributed by atoms with Crippen molar-refractivity contribution in [3.8, 4) is 22.9 Å². The van der Waals surface area contributed by atoms with Crippen molar-refractivity contribution in [2.24, 2.45) is 0 Å². The topological polar surface area (TPSA) is 44.0 Å². The van der Waals surface area contributed by atoms with E-state index in [4.69, 9.17) is 5.26 Å². The minimum Gasteiger partial charge on any atom is -0.508 e.